The first-order valence-electron chi connectivity index (χ1n) is 4.67. The van der Waals surface area contributed by atoms with E-state index in [1.165, 1.54) is 11.3 Å². The van der Waals surface area contributed by atoms with Gasteiger partial charge in [0.1, 0.15) is 0 Å². The molecule has 0 aliphatic rings. The van der Waals surface area contributed by atoms with Crippen molar-refractivity contribution in [2.75, 3.05) is 0 Å². The van der Waals surface area contributed by atoms with Crippen molar-refractivity contribution in [1.82, 2.24) is 10.3 Å². The minimum atomic E-state index is -0.0825. The van der Waals surface area contributed by atoms with Crippen LogP contribution in [0.2, 0.25) is 0 Å². The second-order valence-electron chi connectivity index (χ2n) is 3.13. The van der Waals surface area contributed by atoms with Gasteiger partial charge in [-0.2, -0.15) is 0 Å². The first-order chi connectivity index (χ1) is 7.77. The fourth-order valence-corrected chi connectivity index (χ4v) is 2.24. The Bertz CT molecular complexity index is 484. The van der Waals surface area contributed by atoms with E-state index in [1.807, 2.05) is 18.2 Å². The summed E-state index contributed by atoms with van der Waals surface area (Å²) in [5.41, 5.74) is 2.40. The first kappa shape index (κ1) is 11.3. The standard InChI is InChI=1S/C11H9BrN2OS/c12-10-4-2-1-3-9(10)11(15)14-6-8-5-13-7-16-8/h1-5,7H,6H2,(H,14,15). The van der Waals surface area contributed by atoms with Crippen LogP contribution in [0.5, 0.6) is 0 Å². The molecule has 82 valence electrons. The molecule has 0 unspecified atom stereocenters. The van der Waals surface area contributed by atoms with E-state index >= 15 is 0 Å². The van der Waals surface area contributed by atoms with E-state index in [4.69, 9.17) is 0 Å². The summed E-state index contributed by atoms with van der Waals surface area (Å²) in [5.74, 6) is -0.0825. The highest BCUT2D eigenvalue weighted by atomic mass is 79.9. The molecule has 1 aromatic heterocycles. The van der Waals surface area contributed by atoms with Gasteiger partial charge < -0.3 is 5.32 Å². The Hall–Kier alpha value is -1.20. The number of aromatic nitrogens is 1. The Labute approximate surface area is 106 Å². The molecule has 1 heterocycles. The monoisotopic (exact) mass is 296 g/mol. The van der Waals surface area contributed by atoms with Gasteiger partial charge in [-0.1, -0.05) is 12.1 Å². The number of carbonyl (C=O) groups excluding carboxylic acids is 1. The molecule has 5 heteroatoms. The molecule has 3 nitrogen and oxygen atoms in total. The molecule has 0 bridgehead atoms. The third-order valence-electron chi connectivity index (χ3n) is 2.03. The van der Waals surface area contributed by atoms with Gasteiger partial charge in [-0.05, 0) is 28.1 Å². The van der Waals surface area contributed by atoms with Crippen LogP contribution in [0.1, 0.15) is 15.2 Å². The average molecular weight is 297 g/mol. The lowest BCUT2D eigenvalue weighted by Crippen LogP contribution is -2.22. The van der Waals surface area contributed by atoms with E-state index in [1.54, 1.807) is 17.8 Å². The van der Waals surface area contributed by atoms with Crippen molar-refractivity contribution in [2.24, 2.45) is 0 Å². The van der Waals surface area contributed by atoms with E-state index < -0.39 is 0 Å². The van der Waals surface area contributed by atoms with Gasteiger partial charge in [0, 0.05) is 15.5 Å². The Balaban J connectivity index is 2.01. The van der Waals surface area contributed by atoms with Gasteiger partial charge in [-0.3, -0.25) is 9.78 Å². The van der Waals surface area contributed by atoms with Gasteiger partial charge >= 0.3 is 0 Å². The number of thiazole rings is 1. The highest BCUT2D eigenvalue weighted by Crippen LogP contribution is 2.15. The molecule has 0 fully saturated rings. The molecule has 0 spiro atoms. The van der Waals surface area contributed by atoms with Crippen LogP contribution >= 0.6 is 27.3 Å². The van der Waals surface area contributed by atoms with Crippen molar-refractivity contribution < 1.29 is 4.79 Å². The van der Waals surface area contributed by atoms with Crippen molar-refractivity contribution in [2.45, 2.75) is 6.54 Å². The summed E-state index contributed by atoms with van der Waals surface area (Å²) in [5, 5.41) is 2.84. The topological polar surface area (TPSA) is 42.0 Å². The Morgan fingerprint density at radius 2 is 2.25 bits per heavy atom. The summed E-state index contributed by atoms with van der Waals surface area (Å²) in [6.45, 7) is 0.519. The van der Waals surface area contributed by atoms with Crippen molar-refractivity contribution in [3.8, 4) is 0 Å². The molecule has 2 aromatic rings. The molecule has 16 heavy (non-hydrogen) atoms. The third kappa shape index (κ3) is 2.68. The second kappa shape index (κ2) is 5.23. The number of halogens is 1. The number of carbonyl (C=O) groups is 1. The number of nitrogens with one attached hydrogen (secondary N) is 1. The van der Waals surface area contributed by atoms with Crippen molar-refractivity contribution >= 4 is 33.2 Å². The molecule has 0 saturated carbocycles. The van der Waals surface area contributed by atoms with Gasteiger partial charge in [-0.25, -0.2) is 0 Å². The number of hydrogen-bond acceptors (Lipinski definition) is 3. The maximum atomic E-state index is 11.8. The minimum absolute atomic E-state index is 0.0825. The fraction of sp³-hybridized carbons (Fsp3) is 0.0909. The minimum Gasteiger partial charge on any atom is -0.347 e. The summed E-state index contributed by atoms with van der Waals surface area (Å²) in [6, 6.07) is 7.35. The van der Waals surface area contributed by atoms with Crippen LogP contribution in [-0.2, 0) is 6.54 Å². The summed E-state index contributed by atoms with van der Waals surface area (Å²) in [4.78, 5) is 16.8. The molecular weight excluding hydrogens is 288 g/mol. The molecule has 1 aromatic carbocycles. The zero-order chi connectivity index (χ0) is 11.4. The van der Waals surface area contributed by atoms with E-state index in [2.05, 4.69) is 26.2 Å². The van der Waals surface area contributed by atoms with Crippen LogP contribution in [0.3, 0.4) is 0 Å². The van der Waals surface area contributed by atoms with Crippen LogP contribution in [-0.4, -0.2) is 10.9 Å². The fourth-order valence-electron chi connectivity index (χ4n) is 1.24. The molecule has 0 atom stereocenters. The van der Waals surface area contributed by atoms with Crippen LogP contribution in [0, 0.1) is 0 Å². The molecule has 2 rings (SSSR count). The average Bonchev–Trinajstić information content (AvgIpc) is 2.79. The van der Waals surface area contributed by atoms with Crippen LogP contribution in [0.15, 0.2) is 40.4 Å². The normalized spacial score (nSPS) is 10.1. The number of nitrogens with zero attached hydrogens (tertiary/aromatic N) is 1. The molecule has 0 radical (unpaired) electrons. The molecule has 0 aliphatic carbocycles. The molecular formula is C11H9BrN2OS. The Kier molecular flexibility index (Phi) is 3.69. The summed E-state index contributed by atoms with van der Waals surface area (Å²) in [7, 11) is 0. The zero-order valence-corrected chi connectivity index (χ0v) is 10.7. The number of hydrogen-bond donors (Lipinski definition) is 1. The zero-order valence-electron chi connectivity index (χ0n) is 8.31. The second-order valence-corrected chi connectivity index (χ2v) is 4.96. The van der Waals surface area contributed by atoms with E-state index in [0.29, 0.717) is 12.1 Å². The van der Waals surface area contributed by atoms with Gasteiger partial charge in [0.25, 0.3) is 5.91 Å². The lowest BCUT2D eigenvalue weighted by Gasteiger charge is -2.04. The van der Waals surface area contributed by atoms with Crippen molar-refractivity contribution in [1.29, 1.82) is 0 Å². The predicted octanol–water partition coefficient (Wildman–Crippen LogP) is 2.84. The largest absolute Gasteiger partial charge is 0.347 e. The number of rotatable bonds is 3. The van der Waals surface area contributed by atoms with Gasteiger partial charge in [-0.15, -0.1) is 11.3 Å². The summed E-state index contributed by atoms with van der Waals surface area (Å²) >= 11 is 4.87. The first-order valence-corrected chi connectivity index (χ1v) is 6.35. The highest BCUT2D eigenvalue weighted by Gasteiger charge is 2.08. The number of amides is 1. The SMILES string of the molecule is O=C(NCc1cncs1)c1ccccc1Br. The molecule has 0 saturated heterocycles. The molecule has 1 amide bonds. The van der Waals surface area contributed by atoms with E-state index in [-0.39, 0.29) is 5.91 Å². The lowest BCUT2D eigenvalue weighted by molar-refractivity contribution is 0.0950. The number of benzene rings is 1. The van der Waals surface area contributed by atoms with Gasteiger partial charge in [0.05, 0.1) is 17.6 Å². The van der Waals surface area contributed by atoms with Crippen LogP contribution in [0.25, 0.3) is 0 Å². The van der Waals surface area contributed by atoms with E-state index in [0.717, 1.165) is 9.35 Å². The quantitative estimate of drug-likeness (QED) is 0.946. The van der Waals surface area contributed by atoms with Gasteiger partial charge in [0.15, 0.2) is 0 Å². The van der Waals surface area contributed by atoms with Crippen LogP contribution in [0.4, 0.5) is 0 Å². The molecule has 0 aliphatic heterocycles. The van der Waals surface area contributed by atoms with Crippen molar-refractivity contribution in [3.05, 3.63) is 50.9 Å². The maximum Gasteiger partial charge on any atom is 0.252 e. The lowest BCUT2D eigenvalue weighted by atomic mass is 10.2. The summed E-state index contributed by atoms with van der Waals surface area (Å²) in [6.07, 6.45) is 1.75. The summed E-state index contributed by atoms with van der Waals surface area (Å²) < 4.78 is 0.803. The highest BCUT2D eigenvalue weighted by molar-refractivity contribution is 9.10. The smallest absolute Gasteiger partial charge is 0.252 e. The van der Waals surface area contributed by atoms with Gasteiger partial charge in [0.2, 0.25) is 0 Å². The van der Waals surface area contributed by atoms with Crippen molar-refractivity contribution in [3.63, 3.8) is 0 Å². The molecule has 1 N–H and O–H groups in total. The maximum absolute atomic E-state index is 11.8. The Morgan fingerprint density at radius 3 is 2.94 bits per heavy atom. The predicted molar refractivity (Wildman–Crippen MR) is 67.4 cm³/mol. The van der Waals surface area contributed by atoms with E-state index in [9.17, 15) is 4.79 Å². The third-order valence-corrected chi connectivity index (χ3v) is 3.50. The Morgan fingerprint density at radius 1 is 1.44 bits per heavy atom. The van der Waals surface area contributed by atoms with Crippen LogP contribution < -0.4 is 5.32 Å².